The molecule has 1 aromatic carbocycles. The molecule has 1 aromatic heterocycles. The Morgan fingerprint density at radius 2 is 2.00 bits per heavy atom. The largest absolute Gasteiger partial charge is 0.468 e. The molecule has 4 nitrogen and oxygen atoms in total. The second-order valence-electron chi connectivity index (χ2n) is 4.71. The lowest BCUT2D eigenvalue weighted by Gasteiger charge is -2.26. The van der Waals surface area contributed by atoms with E-state index in [0.29, 0.717) is 6.54 Å². The van der Waals surface area contributed by atoms with Crippen LogP contribution in [0.3, 0.4) is 0 Å². The number of esters is 1. The highest BCUT2D eigenvalue weighted by Crippen LogP contribution is 2.24. The van der Waals surface area contributed by atoms with E-state index in [1.165, 1.54) is 7.11 Å². The average molecular weight is 349 g/mol. The van der Waals surface area contributed by atoms with E-state index in [9.17, 15) is 4.79 Å². The first kappa shape index (κ1) is 15.7. The summed E-state index contributed by atoms with van der Waals surface area (Å²) in [6.07, 6.45) is 1.75. The predicted octanol–water partition coefficient (Wildman–Crippen LogP) is 3.19. The monoisotopic (exact) mass is 348 g/mol. The van der Waals surface area contributed by atoms with Gasteiger partial charge in [-0.05, 0) is 36.9 Å². The van der Waals surface area contributed by atoms with Gasteiger partial charge >= 0.3 is 5.97 Å². The Bertz CT molecular complexity index is 587. The van der Waals surface area contributed by atoms with Crippen molar-refractivity contribution in [2.24, 2.45) is 0 Å². The maximum atomic E-state index is 12.1. The Labute approximate surface area is 132 Å². The Kier molecular flexibility index (Phi) is 5.47. The van der Waals surface area contributed by atoms with Crippen LogP contribution in [-0.2, 0) is 16.1 Å². The van der Waals surface area contributed by atoms with Crippen molar-refractivity contribution in [3.63, 3.8) is 0 Å². The lowest BCUT2D eigenvalue weighted by Crippen LogP contribution is -2.31. The maximum absolute atomic E-state index is 12.1. The van der Waals surface area contributed by atoms with E-state index in [4.69, 9.17) is 4.74 Å². The fourth-order valence-electron chi connectivity index (χ4n) is 2.17. The number of carbonyl (C=O) groups excluding carboxylic acids is 1. The van der Waals surface area contributed by atoms with E-state index in [-0.39, 0.29) is 5.97 Å². The zero-order valence-electron chi connectivity index (χ0n) is 12.0. The molecule has 0 N–H and O–H groups in total. The predicted molar refractivity (Wildman–Crippen MR) is 84.6 cm³/mol. The zero-order valence-corrected chi connectivity index (χ0v) is 13.6. The number of aromatic nitrogens is 1. The van der Waals surface area contributed by atoms with Crippen LogP contribution < -0.4 is 0 Å². The van der Waals surface area contributed by atoms with E-state index in [1.807, 2.05) is 54.4 Å². The van der Waals surface area contributed by atoms with Gasteiger partial charge < -0.3 is 4.74 Å². The normalized spacial score (nSPS) is 12.2. The molecule has 0 bridgehead atoms. The molecule has 21 heavy (non-hydrogen) atoms. The minimum absolute atomic E-state index is 0.282. The number of likely N-dealkylation sites (N-methyl/N-ethyl adjacent to an activating group) is 1. The smallest absolute Gasteiger partial charge is 0.327 e. The van der Waals surface area contributed by atoms with Crippen molar-refractivity contribution < 1.29 is 9.53 Å². The van der Waals surface area contributed by atoms with Crippen molar-refractivity contribution >= 4 is 21.9 Å². The third kappa shape index (κ3) is 4.12. The van der Waals surface area contributed by atoms with Crippen LogP contribution >= 0.6 is 15.9 Å². The first-order valence-electron chi connectivity index (χ1n) is 6.55. The molecule has 0 aliphatic heterocycles. The summed E-state index contributed by atoms with van der Waals surface area (Å²) in [6.45, 7) is 0.566. The Morgan fingerprint density at radius 1 is 1.29 bits per heavy atom. The summed E-state index contributed by atoms with van der Waals surface area (Å²) in [5.74, 6) is -0.282. The van der Waals surface area contributed by atoms with Crippen molar-refractivity contribution in [2.75, 3.05) is 14.2 Å². The second-order valence-corrected chi connectivity index (χ2v) is 5.63. The molecule has 2 aromatic rings. The zero-order chi connectivity index (χ0) is 15.2. The molecule has 0 spiro atoms. The van der Waals surface area contributed by atoms with Crippen molar-refractivity contribution in [3.8, 4) is 0 Å². The minimum atomic E-state index is -0.454. The summed E-state index contributed by atoms with van der Waals surface area (Å²) in [5, 5.41) is 0. The molecule has 0 amide bonds. The molecule has 1 heterocycles. The van der Waals surface area contributed by atoms with E-state index in [1.54, 1.807) is 6.20 Å². The molecule has 1 atom stereocenters. The van der Waals surface area contributed by atoms with Crippen LogP contribution in [0.15, 0.2) is 53.1 Å². The highest BCUT2D eigenvalue weighted by molar-refractivity contribution is 9.10. The molecule has 0 saturated carbocycles. The molecule has 0 fully saturated rings. The van der Waals surface area contributed by atoms with E-state index < -0.39 is 6.04 Å². The number of hydrogen-bond donors (Lipinski definition) is 0. The van der Waals surface area contributed by atoms with Crippen LogP contribution in [0, 0.1) is 0 Å². The fourth-order valence-corrected chi connectivity index (χ4v) is 2.43. The molecule has 110 valence electrons. The first-order chi connectivity index (χ1) is 10.1. The molecular formula is C16H17BrN2O2. The van der Waals surface area contributed by atoms with Crippen molar-refractivity contribution in [1.29, 1.82) is 0 Å². The molecular weight excluding hydrogens is 332 g/mol. The van der Waals surface area contributed by atoms with Crippen molar-refractivity contribution in [1.82, 2.24) is 9.88 Å². The Hall–Kier alpha value is -1.72. The summed E-state index contributed by atoms with van der Waals surface area (Å²) >= 11 is 3.40. The molecule has 0 aliphatic rings. The van der Waals surface area contributed by atoms with Crippen LogP contribution in [0.2, 0.25) is 0 Å². The molecule has 0 saturated heterocycles. The number of rotatable bonds is 5. The van der Waals surface area contributed by atoms with Crippen LogP contribution in [0.5, 0.6) is 0 Å². The molecule has 0 radical (unpaired) electrons. The second kappa shape index (κ2) is 7.33. The number of methoxy groups -OCH3 is 1. The van der Waals surface area contributed by atoms with Gasteiger partial charge in [-0.1, -0.05) is 34.1 Å². The number of ether oxygens (including phenoxy) is 1. The molecule has 0 unspecified atom stereocenters. The van der Waals surface area contributed by atoms with Gasteiger partial charge in [0.1, 0.15) is 6.04 Å². The van der Waals surface area contributed by atoms with Gasteiger partial charge in [0.15, 0.2) is 0 Å². The van der Waals surface area contributed by atoms with Crippen LogP contribution in [0.25, 0.3) is 0 Å². The summed E-state index contributed by atoms with van der Waals surface area (Å²) in [6, 6.07) is 13.0. The summed E-state index contributed by atoms with van der Waals surface area (Å²) in [5.41, 5.74) is 1.80. The fraction of sp³-hybridized carbons (Fsp3) is 0.250. The van der Waals surface area contributed by atoms with Gasteiger partial charge in [-0.15, -0.1) is 0 Å². The molecule has 0 aliphatic carbocycles. The van der Waals surface area contributed by atoms with Crippen LogP contribution in [0.1, 0.15) is 17.3 Å². The van der Waals surface area contributed by atoms with Gasteiger partial charge in [-0.25, -0.2) is 4.79 Å². The topological polar surface area (TPSA) is 42.4 Å². The third-order valence-electron chi connectivity index (χ3n) is 3.19. The molecule has 5 heteroatoms. The number of hydrogen-bond acceptors (Lipinski definition) is 4. The van der Waals surface area contributed by atoms with Crippen molar-refractivity contribution in [2.45, 2.75) is 12.6 Å². The average Bonchev–Trinajstić information content (AvgIpc) is 2.50. The highest BCUT2D eigenvalue weighted by Gasteiger charge is 2.26. The molecule has 2 rings (SSSR count). The third-order valence-corrected chi connectivity index (χ3v) is 3.72. The lowest BCUT2D eigenvalue weighted by molar-refractivity contribution is -0.147. The maximum Gasteiger partial charge on any atom is 0.327 e. The number of nitrogens with zero attached hydrogens (tertiary/aromatic N) is 2. The first-order valence-corrected chi connectivity index (χ1v) is 7.34. The van der Waals surface area contributed by atoms with E-state index in [0.717, 1.165) is 15.7 Å². The SMILES string of the molecule is COC(=O)[C@@H](c1ccc(Br)cc1)N(C)Cc1ccccn1. The van der Waals surface area contributed by atoms with Crippen molar-refractivity contribution in [3.05, 3.63) is 64.4 Å². The quantitative estimate of drug-likeness (QED) is 0.778. The number of pyridine rings is 1. The van der Waals surface area contributed by atoms with E-state index >= 15 is 0 Å². The summed E-state index contributed by atoms with van der Waals surface area (Å²) in [7, 11) is 3.29. The standard InChI is InChI=1S/C16H17BrN2O2/c1-19(11-14-5-3-4-10-18-14)15(16(20)21-2)12-6-8-13(17)9-7-12/h3-10,15H,11H2,1-2H3/t15-/m1/s1. The number of benzene rings is 1. The number of halogens is 1. The van der Waals surface area contributed by atoms with Crippen LogP contribution in [-0.4, -0.2) is 30.0 Å². The Morgan fingerprint density at radius 3 is 2.57 bits per heavy atom. The van der Waals surface area contributed by atoms with Gasteiger partial charge in [0, 0.05) is 17.2 Å². The van der Waals surface area contributed by atoms with Crippen LogP contribution in [0.4, 0.5) is 0 Å². The summed E-state index contributed by atoms with van der Waals surface area (Å²) in [4.78, 5) is 18.4. The highest BCUT2D eigenvalue weighted by atomic mass is 79.9. The summed E-state index contributed by atoms with van der Waals surface area (Å²) < 4.78 is 5.92. The Balaban J connectivity index is 2.23. The van der Waals surface area contributed by atoms with Gasteiger partial charge in [0.05, 0.1) is 12.8 Å². The van der Waals surface area contributed by atoms with E-state index in [2.05, 4.69) is 20.9 Å². The van der Waals surface area contributed by atoms with Gasteiger partial charge in [0.25, 0.3) is 0 Å². The minimum Gasteiger partial charge on any atom is -0.468 e. The van der Waals surface area contributed by atoms with Gasteiger partial charge in [0.2, 0.25) is 0 Å². The van der Waals surface area contributed by atoms with Gasteiger partial charge in [-0.2, -0.15) is 0 Å². The van der Waals surface area contributed by atoms with Gasteiger partial charge in [-0.3, -0.25) is 9.88 Å². The number of carbonyl (C=O) groups is 1. The lowest BCUT2D eigenvalue weighted by atomic mass is 10.1.